The highest BCUT2D eigenvalue weighted by Gasteiger charge is 2.11. The van der Waals surface area contributed by atoms with Gasteiger partial charge in [-0.2, -0.15) is 4.98 Å². The Hall–Kier alpha value is -3.29. The minimum absolute atomic E-state index is 0.306. The van der Waals surface area contributed by atoms with Gasteiger partial charge in [-0.15, -0.1) is 0 Å². The number of aromatic nitrogens is 4. The molecule has 152 valence electrons. The standard InChI is InChI=1S/C21H17Cl2N5O2/c1-13-11-28(12-25-13)17-7-6-14(10-18(17)29-2)26-21-24-9-8-19(27-21)30-20-15(22)4-3-5-16(20)23/h3-12H,1-2H3,(H,24,26,27). The van der Waals surface area contributed by atoms with Gasteiger partial charge in [0, 0.05) is 30.2 Å². The Bertz CT molecular complexity index is 1180. The van der Waals surface area contributed by atoms with E-state index in [-0.39, 0.29) is 0 Å². The maximum atomic E-state index is 6.16. The molecular weight excluding hydrogens is 425 g/mol. The van der Waals surface area contributed by atoms with Crippen LogP contribution in [0.4, 0.5) is 11.6 Å². The highest BCUT2D eigenvalue weighted by atomic mass is 35.5. The Kier molecular flexibility index (Phi) is 5.74. The summed E-state index contributed by atoms with van der Waals surface area (Å²) in [5, 5.41) is 3.93. The summed E-state index contributed by atoms with van der Waals surface area (Å²) < 4.78 is 13.2. The zero-order valence-electron chi connectivity index (χ0n) is 16.1. The van der Waals surface area contributed by atoms with Crippen molar-refractivity contribution >= 4 is 34.8 Å². The molecule has 0 saturated heterocycles. The van der Waals surface area contributed by atoms with Gasteiger partial charge in [-0.1, -0.05) is 29.3 Å². The lowest BCUT2D eigenvalue weighted by Gasteiger charge is -2.13. The molecule has 7 nitrogen and oxygen atoms in total. The van der Waals surface area contributed by atoms with Crippen LogP contribution in [0.2, 0.25) is 10.0 Å². The number of imidazole rings is 1. The van der Waals surface area contributed by atoms with Gasteiger partial charge in [0.25, 0.3) is 0 Å². The lowest BCUT2D eigenvalue weighted by atomic mass is 10.2. The number of hydrogen-bond donors (Lipinski definition) is 1. The zero-order chi connectivity index (χ0) is 21.1. The van der Waals surface area contributed by atoms with Gasteiger partial charge < -0.3 is 19.4 Å². The van der Waals surface area contributed by atoms with Gasteiger partial charge in [0.15, 0.2) is 5.75 Å². The van der Waals surface area contributed by atoms with Gasteiger partial charge in [0.2, 0.25) is 11.8 Å². The number of nitrogens with zero attached hydrogens (tertiary/aromatic N) is 4. The van der Waals surface area contributed by atoms with E-state index in [9.17, 15) is 0 Å². The fraction of sp³-hybridized carbons (Fsp3) is 0.0952. The Labute approximate surface area is 183 Å². The molecule has 4 aromatic rings. The topological polar surface area (TPSA) is 74.1 Å². The molecule has 0 radical (unpaired) electrons. The molecule has 0 aliphatic heterocycles. The maximum absolute atomic E-state index is 6.16. The van der Waals surface area contributed by atoms with Crippen molar-refractivity contribution in [2.24, 2.45) is 0 Å². The van der Waals surface area contributed by atoms with E-state index in [0.29, 0.717) is 33.4 Å². The summed E-state index contributed by atoms with van der Waals surface area (Å²) in [4.78, 5) is 12.9. The van der Waals surface area contributed by atoms with Crippen molar-refractivity contribution in [3.63, 3.8) is 0 Å². The van der Waals surface area contributed by atoms with E-state index in [2.05, 4.69) is 20.3 Å². The molecule has 30 heavy (non-hydrogen) atoms. The number of anilines is 2. The second kappa shape index (κ2) is 8.61. The van der Waals surface area contributed by atoms with E-state index in [1.54, 1.807) is 43.9 Å². The van der Waals surface area contributed by atoms with Crippen molar-refractivity contribution < 1.29 is 9.47 Å². The number of hydrogen-bond acceptors (Lipinski definition) is 6. The number of halogens is 2. The molecule has 2 aromatic carbocycles. The van der Waals surface area contributed by atoms with E-state index < -0.39 is 0 Å². The van der Waals surface area contributed by atoms with Crippen LogP contribution in [-0.4, -0.2) is 26.6 Å². The third-order valence-electron chi connectivity index (χ3n) is 4.18. The summed E-state index contributed by atoms with van der Waals surface area (Å²) in [6.45, 7) is 1.93. The molecule has 0 unspecified atom stereocenters. The van der Waals surface area contributed by atoms with Crippen LogP contribution in [0, 0.1) is 6.92 Å². The third-order valence-corrected chi connectivity index (χ3v) is 4.78. The molecule has 0 spiro atoms. The molecule has 0 saturated carbocycles. The van der Waals surface area contributed by atoms with Crippen LogP contribution >= 0.6 is 23.2 Å². The quantitative estimate of drug-likeness (QED) is 0.406. The Balaban J connectivity index is 1.57. The van der Waals surface area contributed by atoms with E-state index in [0.717, 1.165) is 17.1 Å². The van der Waals surface area contributed by atoms with Gasteiger partial charge in [-0.25, -0.2) is 9.97 Å². The van der Waals surface area contributed by atoms with Crippen LogP contribution < -0.4 is 14.8 Å². The Morgan fingerprint density at radius 3 is 2.53 bits per heavy atom. The summed E-state index contributed by atoms with van der Waals surface area (Å²) in [5.74, 6) is 1.67. The van der Waals surface area contributed by atoms with Crippen molar-refractivity contribution in [3.8, 4) is 23.1 Å². The Morgan fingerprint density at radius 2 is 1.83 bits per heavy atom. The van der Waals surface area contributed by atoms with Crippen molar-refractivity contribution in [3.05, 3.63) is 76.9 Å². The molecule has 4 rings (SSSR count). The molecule has 2 aromatic heterocycles. The van der Waals surface area contributed by atoms with Gasteiger partial charge in [0.1, 0.15) is 5.75 Å². The van der Waals surface area contributed by atoms with E-state index >= 15 is 0 Å². The first-order chi connectivity index (χ1) is 14.5. The van der Waals surface area contributed by atoms with Gasteiger partial charge in [-0.3, -0.25) is 0 Å². The van der Waals surface area contributed by atoms with Gasteiger partial charge >= 0.3 is 0 Å². The average Bonchev–Trinajstić information content (AvgIpc) is 3.17. The first kappa shape index (κ1) is 20.0. The summed E-state index contributed by atoms with van der Waals surface area (Å²) >= 11 is 12.3. The molecular formula is C21H17Cl2N5O2. The minimum Gasteiger partial charge on any atom is -0.494 e. The molecule has 0 bridgehead atoms. The van der Waals surface area contributed by atoms with Crippen LogP contribution in [0.25, 0.3) is 5.69 Å². The smallest absolute Gasteiger partial charge is 0.230 e. The molecule has 0 fully saturated rings. The summed E-state index contributed by atoms with van der Waals surface area (Å²) in [6.07, 6.45) is 5.24. The highest BCUT2D eigenvalue weighted by Crippen LogP contribution is 2.35. The molecule has 0 amide bonds. The minimum atomic E-state index is 0.306. The molecule has 1 N–H and O–H groups in total. The lowest BCUT2D eigenvalue weighted by molar-refractivity contribution is 0.413. The van der Waals surface area contributed by atoms with Gasteiger partial charge in [0.05, 0.1) is 34.9 Å². The molecule has 0 aliphatic rings. The fourth-order valence-corrected chi connectivity index (χ4v) is 3.27. The Morgan fingerprint density at radius 1 is 1.03 bits per heavy atom. The maximum Gasteiger partial charge on any atom is 0.230 e. The van der Waals surface area contributed by atoms with Gasteiger partial charge in [-0.05, 0) is 31.2 Å². The van der Waals surface area contributed by atoms with Crippen molar-refractivity contribution in [2.45, 2.75) is 6.92 Å². The van der Waals surface area contributed by atoms with Crippen molar-refractivity contribution in [2.75, 3.05) is 12.4 Å². The summed E-state index contributed by atoms with van der Waals surface area (Å²) in [7, 11) is 1.62. The van der Waals surface area contributed by atoms with E-state index in [1.807, 2.05) is 35.9 Å². The number of aryl methyl sites for hydroxylation is 1. The monoisotopic (exact) mass is 441 g/mol. The van der Waals surface area contributed by atoms with E-state index in [4.69, 9.17) is 32.7 Å². The molecule has 0 aliphatic carbocycles. The SMILES string of the molecule is COc1cc(Nc2nccc(Oc3c(Cl)cccc3Cl)n2)ccc1-n1cnc(C)c1. The summed E-state index contributed by atoms with van der Waals surface area (Å²) in [6, 6.07) is 12.4. The van der Waals surface area contributed by atoms with Crippen LogP contribution in [0.5, 0.6) is 17.4 Å². The zero-order valence-corrected chi connectivity index (χ0v) is 17.6. The predicted octanol–water partition coefficient (Wildman–Crippen LogP) is 5.82. The summed E-state index contributed by atoms with van der Waals surface area (Å²) in [5.41, 5.74) is 2.54. The van der Waals surface area contributed by atoms with E-state index in [1.165, 1.54) is 0 Å². The first-order valence-corrected chi connectivity index (χ1v) is 9.70. The van der Waals surface area contributed by atoms with Crippen molar-refractivity contribution in [1.82, 2.24) is 19.5 Å². The molecule has 2 heterocycles. The number of ether oxygens (including phenoxy) is 2. The number of rotatable bonds is 6. The lowest BCUT2D eigenvalue weighted by Crippen LogP contribution is -2.01. The first-order valence-electron chi connectivity index (χ1n) is 8.94. The number of para-hydroxylation sites is 1. The largest absolute Gasteiger partial charge is 0.494 e. The highest BCUT2D eigenvalue weighted by molar-refractivity contribution is 6.37. The van der Waals surface area contributed by atoms with Crippen LogP contribution in [0.1, 0.15) is 5.69 Å². The van der Waals surface area contributed by atoms with Crippen molar-refractivity contribution in [1.29, 1.82) is 0 Å². The second-order valence-corrected chi connectivity index (χ2v) is 7.12. The third kappa shape index (κ3) is 4.32. The number of benzene rings is 2. The second-order valence-electron chi connectivity index (χ2n) is 6.31. The number of methoxy groups -OCH3 is 1. The van der Waals surface area contributed by atoms with Crippen LogP contribution in [-0.2, 0) is 0 Å². The van der Waals surface area contributed by atoms with Crippen LogP contribution in [0.3, 0.4) is 0 Å². The average molecular weight is 442 g/mol. The van der Waals surface area contributed by atoms with Crippen LogP contribution in [0.15, 0.2) is 61.2 Å². The number of nitrogens with one attached hydrogen (secondary N) is 1. The molecule has 0 atom stereocenters. The predicted molar refractivity (Wildman–Crippen MR) is 117 cm³/mol. The fourth-order valence-electron chi connectivity index (χ4n) is 2.79. The normalized spacial score (nSPS) is 10.7. The molecule has 9 heteroatoms.